The lowest BCUT2D eigenvalue weighted by Crippen LogP contribution is -2.21. The van der Waals surface area contributed by atoms with Gasteiger partial charge in [-0.3, -0.25) is 9.78 Å². The highest BCUT2D eigenvalue weighted by Crippen LogP contribution is 2.12. The van der Waals surface area contributed by atoms with Crippen LogP contribution in [0.25, 0.3) is 0 Å². The molecule has 104 valence electrons. The summed E-state index contributed by atoms with van der Waals surface area (Å²) in [6, 6.07) is 11.5. The van der Waals surface area contributed by atoms with Gasteiger partial charge in [0.1, 0.15) is 0 Å². The third-order valence-corrected chi connectivity index (χ3v) is 3.01. The molecule has 0 spiro atoms. The molecule has 0 aliphatic carbocycles. The Morgan fingerprint density at radius 2 is 1.85 bits per heavy atom. The molecular weight excluding hydrogens is 250 g/mol. The van der Waals surface area contributed by atoms with Crippen LogP contribution in [0.5, 0.6) is 0 Å². The number of rotatable bonds is 4. The van der Waals surface area contributed by atoms with Crippen LogP contribution in [0.3, 0.4) is 0 Å². The average molecular weight is 269 g/mol. The first kappa shape index (κ1) is 14.1. The normalized spacial score (nSPS) is 10.2. The molecule has 0 radical (unpaired) electrons. The monoisotopic (exact) mass is 269 g/mol. The number of amides is 1. The zero-order chi connectivity index (χ0) is 14.5. The number of anilines is 1. The van der Waals surface area contributed by atoms with Crippen molar-refractivity contribution in [3.8, 4) is 0 Å². The number of carbonyl (C=O) groups is 1. The number of hydrogen-bond acceptors (Lipinski definition) is 3. The van der Waals surface area contributed by atoms with E-state index in [1.54, 1.807) is 19.0 Å². The summed E-state index contributed by atoms with van der Waals surface area (Å²) in [4.78, 5) is 17.6. The molecule has 0 bridgehead atoms. The van der Waals surface area contributed by atoms with Crippen molar-refractivity contribution in [2.24, 2.45) is 0 Å². The van der Waals surface area contributed by atoms with Gasteiger partial charge in [0, 0.05) is 43.8 Å². The van der Waals surface area contributed by atoms with E-state index in [2.05, 4.69) is 16.4 Å². The van der Waals surface area contributed by atoms with Crippen LogP contribution < -0.4 is 5.32 Å². The van der Waals surface area contributed by atoms with Crippen molar-refractivity contribution in [1.29, 1.82) is 0 Å². The number of carbonyl (C=O) groups excluding carboxylic acids is 1. The Morgan fingerprint density at radius 3 is 2.40 bits per heavy atom. The fraction of sp³-hybridized carbons (Fsp3) is 0.250. The van der Waals surface area contributed by atoms with Gasteiger partial charge >= 0.3 is 0 Å². The summed E-state index contributed by atoms with van der Waals surface area (Å²) in [5.41, 5.74) is 3.82. The lowest BCUT2D eigenvalue weighted by atomic mass is 10.2. The molecule has 1 heterocycles. The fourth-order valence-electron chi connectivity index (χ4n) is 1.80. The third kappa shape index (κ3) is 3.57. The summed E-state index contributed by atoms with van der Waals surface area (Å²) >= 11 is 0. The molecule has 2 rings (SSSR count). The molecule has 4 nitrogen and oxygen atoms in total. The van der Waals surface area contributed by atoms with Crippen molar-refractivity contribution in [3.63, 3.8) is 0 Å². The number of hydrogen-bond donors (Lipinski definition) is 1. The Kier molecular flexibility index (Phi) is 4.35. The van der Waals surface area contributed by atoms with Crippen LogP contribution >= 0.6 is 0 Å². The second kappa shape index (κ2) is 6.19. The largest absolute Gasteiger partial charge is 0.381 e. The first-order valence-electron chi connectivity index (χ1n) is 6.53. The molecule has 0 unspecified atom stereocenters. The summed E-state index contributed by atoms with van der Waals surface area (Å²) in [5, 5.41) is 3.31. The maximum absolute atomic E-state index is 11.8. The van der Waals surface area contributed by atoms with E-state index in [-0.39, 0.29) is 5.91 Å². The van der Waals surface area contributed by atoms with Crippen LogP contribution in [0.1, 0.15) is 21.6 Å². The van der Waals surface area contributed by atoms with Crippen LogP contribution in [0.2, 0.25) is 0 Å². The number of aryl methyl sites for hydroxylation is 1. The second-order valence-corrected chi connectivity index (χ2v) is 4.94. The van der Waals surface area contributed by atoms with E-state index in [0.29, 0.717) is 12.1 Å². The number of nitrogens with zero attached hydrogens (tertiary/aromatic N) is 2. The second-order valence-electron chi connectivity index (χ2n) is 4.94. The van der Waals surface area contributed by atoms with Crippen LogP contribution in [0, 0.1) is 6.92 Å². The third-order valence-electron chi connectivity index (χ3n) is 3.01. The minimum Gasteiger partial charge on any atom is -0.381 e. The summed E-state index contributed by atoms with van der Waals surface area (Å²) < 4.78 is 0. The fourth-order valence-corrected chi connectivity index (χ4v) is 1.80. The van der Waals surface area contributed by atoms with Crippen molar-refractivity contribution in [2.75, 3.05) is 19.4 Å². The maximum atomic E-state index is 11.8. The van der Waals surface area contributed by atoms with Gasteiger partial charge in [0.2, 0.25) is 0 Å². The van der Waals surface area contributed by atoms with Crippen LogP contribution in [0.4, 0.5) is 5.69 Å². The van der Waals surface area contributed by atoms with E-state index < -0.39 is 0 Å². The SMILES string of the molecule is Cc1ccc(CNc2ccc(C(=O)N(C)C)cc2)cn1. The first-order chi connectivity index (χ1) is 9.56. The molecule has 0 saturated heterocycles. The van der Waals surface area contributed by atoms with Crippen molar-refractivity contribution in [3.05, 3.63) is 59.4 Å². The highest BCUT2D eigenvalue weighted by molar-refractivity contribution is 5.94. The predicted octanol–water partition coefficient (Wildman–Crippen LogP) is 2.70. The van der Waals surface area contributed by atoms with E-state index in [1.165, 1.54) is 0 Å². The predicted molar refractivity (Wildman–Crippen MR) is 80.8 cm³/mol. The number of aromatic nitrogens is 1. The lowest BCUT2D eigenvalue weighted by Gasteiger charge is -2.11. The van der Waals surface area contributed by atoms with E-state index >= 15 is 0 Å². The molecule has 2 aromatic rings. The van der Waals surface area contributed by atoms with Gasteiger partial charge in [0.05, 0.1) is 0 Å². The Hall–Kier alpha value is -2.36. The lowest BCUT2D eigenvalue weighted by molar-refractivity contribution is 0.0827. The molecule has 20 heavy (non-hydrogen) atoms. The quantitative estimate of drug-likeness (QED) is 0.928. The summed E-state index contributed by atoms with van der Waals surface area (Å²) in [6.07, 6.45) is 1.87. The van der Waals surface area contributed by atoms with Gasteiger partial charge in [-0.15, -0.1) is 0 Å². The van der Waals surface area contributed by atoms with E-state index in [9.17, 15) is 4.79 Å². The maximum Gasteiger partial charge on any atom is 0.253 e. The van der Waals surface area contributed by atoms with E-state index in [0.717, 1.165) is 16.9 Å². The molecule has 0 saturated carbocycles. The molecular formula is C16H19N3O. The number of nitrogens with one attached hydrogen (secondary N) is 1. The molecule has 0 atom stereocenters. The van der Waals surface area contributed by atoms with Crippen molar-refractivity contribution < 1.29 is 4.79 Å². The average Bonchev–Trinajstić information content (AvgIpc) is 2.46. The number of benzene rings is 1. The zero-order valence-corrected chi connectivity index (χ0v) is 12.1. The Morgan fingerprint density at radius 1 is 1.15 bits per heavy atom. The zero-order valence-electron chi connectivity index (χ0n) is 12.1. The Balaban J connectivity index is 1.97. The van der Waals surface area contributed by atoms with E-state index in [1.807, 2.05) is 43.5 Å². The van der Waals surface area contributed by atoms with Gasteiger partial charge in [0.15, 0.2) is 0 Å². The van der Waals surface area contributed by atoms with Crippen LogP contribution in [-0.4, -0.2) is 29.9 Å². The van der Waals surface area contributed by atoms with Crippen LogP contribution in [-0.2, 0) is 6.54 Å². The van der Waals surface area contributed by atoms with Gasteiger partial charge < -0.3 is 10.2 Å². The van der Waals surface area contributed by atoms with Gasteiger partial charge in [-0.1, -0.05) is 6.07 Å². The van der Waals surface area contributed by atoms with Crippen molar-refractivity contribution in [2.45, 2.75) is 13.5 Å². The smallest absolute Gasteiger partial charge is 0.253 e. The molecule has 1 aromatic heterocycles. The minimum absolute atomic E-state index is 0.0132. The summed E-state index contributed by atoms with van der Waals surface area (Å²) in [5.74, 6) is 0.0132. The summed E-state index contributed by atoms with van der Waals surface area (Å²) in [6.45, 7) is 2.69. The standard InChI is InChI=1S/C16H19N3O/c1-12-4-5-13(10-17-12)11-18-15-8-6-14(7-9-15)16(20)19(2)3/h4-10,18H,11H2,1-3H3. The molecule has 0 fully saturated rings. The van der Waals surface area contributed by atoms with Crippen molar-refractivity contribution >= 4 is 11.6 Å². The van der Waals surface area contributed by atoms with Crippen LogP contribution in [0.15, 0.2) is 42.6 Å². The Bertz CT molecular complexity index is 574. The van der Waals surface area contributed by atoms with Gasteiger partial charge in [0.25, 0.3) is 5.91 Å². The molecule has 1 N–H and O–H groups in total. The highest BCUT2D eigenvalue weighted by Gasteiger charge is 2.06. The minimum atomic E-state index is 0.0132. The summed E-state index contributed by atoms with van der Waals surface area (Å²) in [7, 11) is 3.50. The van der Waals surface area contributed by atoms with Gasteiger partial charge in [-0.25, -0.2) is 0 Å². The Labute approximate surface area is 119 Å². The highest BCUT2D eigenvalue weighted by atomic mass is 16.2. The number of pyridine rings is 1. The molecule has 4 heteroatoms. The van der Waals surface area contributed by atoms with Crippen molar-refractivity contribution in [1.82, 2.24) is 9.88 Å². The first-order valence-corrected chi connectivity index (χ1v) is 6.53. The molecule has 0 aliphatic rings. The molecule has 0 aliphatic heterocycles. The van der Waals surface area contributed by atoms with Gasteiger partial charge in [-0.05, 0) is 42.8 Å². The van der Waals surface area contributed by atoms with Gasteiger partial charge in [-0.2, -0.15) is 0 Å². The molecule has 1 amide bonds. The molecule has 1 aromatic carbocycles. The topological polar surface area (TPSA) is 45.2 Å². The van der Waals surface area contributed by atoms with E-state index in [4.69, 9.17) is 0 Å².